The highest BCUT2D eigenvalue weighted by molar-refractivity contribution is 6.24. The third-order valence-corrected chi connectivity index (χ3v) is 13.8. The lowest BCUT2D eigenvalue weighted by atomic mass is 9.61. The lowest BCUT2D eigenvalue weighted by Crippen LogP contribution is -2.54. The molecule has 1 atom stereocenters. The van der Waals surface area contributed by atoms with Crippen molar-refractivity contribution in [2.75, 3.05) is 61.4 Å². The molecule has 5 amide bonds. The van der Waals surface area contributed by atoms with E-state index in [0.29, 0.717) is 65.8 Å². The molecule has 10 rings (SSSR count). The molecular formula is C45H46F2N8O7. The van der Waals surface area contributed by atoms with E-state index in [9.17, 15) is 24.0 Å². The second-order valence-electron chi connectivity index (χ2n) is 17.6. The van der Waals surface area contributed by atoms with Gasteiger partial charge >= 0.3 is 6.09 Å². The number of amides is 5. The van der Waals surface area contributed by atoms with Gasteiger partial charge in [0, 0.05) is 61.5 Å². The van der Waals surface area contributed by atoms with Crippen LogP contribution in [-0.2, 0) is 14.3 Å². The summed E-state index contributed by atoms with van der Waals surface area (Å²) in [6.45, 7) is 7.11. The summed E-state index contributed by atoms with van der Waals surface area (Å²) < 4.78 is 42.8. The smallest absolute Gasteiger partial charge is 0.413 e. The van der Waals surface area contributed by atoms with Gasteiger partial charge in [0.05, 0.1) is 16.8 Å². The van der Waals surface area contributed by atoms with Gasteiger partial charge in [-0.1, -0.05) is 0 Å². The average Bonchev–Trinajstić information content (AvgIpc) is 3.50. The van der Waals surface area contributed by atoms with Gasteiger partial charge in [-0.3, -0.25) is 34.7 Å². The molecule has 0 radical (unpaired) electrons. The average molecular weight is 849 g/mol. The molecule has 7 heterocycles. The monoisotopic (exact) mass is 848 g/mol. The van der Waals surface area contributed by atoms with Gasteiger partial charge in [0.15, 0.2) is 5.82 Å². The van der Waals surface area contributed by atoms with Crippen molar-refractivity contribution in [2.45, 2.75) is 70.4 Å². The van der Waals surface area contributed by atoms with Crippen molar-refractivity contribution in [3.05, 3.63) is 71.1 Å². The maximum atomic E-state index is 16.0. The second-order valence-corrected chi connectivity index (χ2v) is 17.6. The van der Waals surface area contributed by atoms with Gasteiger partial charge in [0.25, 0.3) is 11.8 Å². The molecule has 0 bridgehead atoms. The van der Waals surface area contributed by atoms with Crippen LogP contribution in [0.1, 0.15) is 77.6 Å². The Bertz CT molecular complexity index is 2550. The largest absolute Gasteiger partial charge is 0.474 e. The summed E-state index contributed by atoms with van der Waals surface area (Å²) in [6, 6.07) is 6.73. The molecule has 62 heavy (non-hydrogen) atoms. The van der Waals surface area contributed by atoms with Crippen molar-refractivity contribution in [1.29, 1.82) is 0 Å². The number of ether oxygens (including phenoxy) is 2. The first kappa shape index (κ1) is 39.9. The van der Waals surface area contributed by atoms with Crippen molar-refractivity contribution in [3.63, 3.8) is 0 Å². The van der Waals surface area contributed by atoms with Gasteiger partial charge in [-0.2, -0.15) is 0 Å². The molecular weight excluding hydrogens is 803 g/mol. The minimum Gasteiger partial charge on any atom is -0.474 e. The van der Waals surface area contributed by atoms with Crippen LogP contribution in [0.5, 0.6) is 5.88 Å². The number of carbonyl (C=O) groups is 5. The van der Waals surface area contributed by atoms with E-state index < -0.39 is 47.4 Å². The van der Waals surface area contributed by atoms with Crippen LogP contribution >= 0.6 is 0 Å². The van der Waals surface area contributed by atoms with Gasteiger partial charge in [0.1, 0.15) is 36.1 Å². The maximum Gasteiger partial charge on any atom is 0.413 e. The van der Waals surface area contributed by atoms with Crippen LogP contribution in [0.2, 0.25) is 0 Å². The number of hydrogen-bond acceptors (Lipinski definition) is 12. The third kappa shape index (κ3) is 7.14. The number of rotatable bonds is 7. The van der Waals surface area contributed by atoms with Crippen molar-refractivity contribution in [2.24, 2.45) is 11.3 Å². The number of nitrogens with one attached hydrogen (secondary N) is 3. The molecule has 3 N–H and O–H groups in total. The summed E-state index contributed by atoms with van der Waals surface area (Å²) in [7, 11) is 0. The highest BCUT2D eigenvalue weighted by Crippen LogP contribution is 2.50. The number of fused-ring (bicyclic) bond motifs is 3. The Labute approximate surface area is 355 Å². The number of nitrogens with zero attached hydrogens (tertiary/aromatic N) is 5. The predicted molar refractivity (Wildman–Crippen MR) is 223 cm³/mol. The number of pyridine rings is 2. The Hall–Kier alpha value is -6.23. The number of aromatic nitrogens is 2. The van der Waals surface area contributed by atoms with Crippen LogP contribution in [0.3, 0.4) is 0 Å². The zero-order valence-corrected chi connectivity index (χ0v) is 34.2. The fourth-order valence-corrected chi connectivity index (χ4v) is 10.3. The van der Waals surface area contributed by atoms with Crippen molar-refractivity contribution in [3.8, 4) is 17.0 Å². The second kappa shape index (κ2) is 15.6. The van der Waals surface area contributed by atoms with E-state index in [1.807, 2.05) is 11.8 Å². The van der Waals surface area contributed by atoms with E-state index in [4.69, 9.17) is 9.47 Å². The summed E-state index contributed by atoms with van der Waals surface area (Å²) in [4.78, 5) is 77.4. The number of imide groups is 2. The minimum absolute atomic E-state index is 0.00709. The molecule has 4 aromatic rings. The van der Waals surface area contributed by atoms with E-state index in [0.717, 1.165) is 74.3 Å². The van der Waals surface area contributed by atoms with E-state index in [1.165, 1.54) is 18.3 Å². The molecule has 1 saturated carbocycles. The Balaban J connectivity index is 0.686. The predicted octanol–water partition coefficient (Wildman–Crippen LogP) is 5.80. The number of benzene rings is 2. The minimum atomic E-state index is -1.15. The first-order valence-electron chi connectivity index (χ1n) is 21.4. The van der Waals surface area contributed by atoms with Gasteiger partial charge in [-0.25, -0.2) is 23.5 Å². The summed E-state index contributed by atoms with van der Waals surface area (Å²) >= 11 is 0. The topological polar surface area (TPSA) is 175 Å². The van der Waals surface area contributed by atoms with Gasteiger partial charge in [-0.05, 0) is 118 Å². The maximum absolute atomic E-state index is 16.0. The molecule has 2 aromatic heterocycles. The normalized spacial score (nSPS) is 21.6. The van der Waals surface area contributed by atoms with E-state index in [-0.39, 0.29) is 41.2 Å². The summed E-state index contributed by atoms with van der Waals surface area (Å²) in [6.07, 6.45) is 7.74. The summed E-state index contributed by atoms with van der Waals surface area (Å²) in [5.74, 6) is -2.68. The molecule has 5 aliphatic heterocycles. The van der Waals surface area contributed by atoms with Crippen LogP contribution < -0.4 is 25.6 Å². The van der Waals surface area contributed by atoms with Crippen molar-refractivity contribution < 1.29 is 42.2 Å². The Kier molecular flexibility index (Phi) is 10.0. The zero-order chi connectivity index (χ0) is 42.9. The van der Waals surface area contributed by atoms with Gasteiger partial charge in [-0.15, -0.1) is 0 Å². The fourth-order valence-electron chi connectivity index (χ4n) is 10.3. The van der Waals surface area contributed by atoms with Gasteiger partial charge < -0.3 is 24.6 Å². The molecule has 4 fully saturated rings. The third-order valence-electron chi connectivity index (χ3n) is 13.8. The van der Waals surface area contributed by atoms with Crippen LogP contribution in [0, 0.1) is 29.9 Å². The first-order chi connectivity index (χ1) is 29.9. The molecule has 3 saturated heterocycles. The molecule has 6 aliphatic rings. The summed E-state index contributed by atoms with van der Waals surface area (Å²) in [5.41, 5.74) is 2.66. The lowest BCUT2D eigenvalue weighted by molar-refractivity contribution is -0.136. The molecule has 322 valence electrons. The van der Waals surface area contributed by atoms with Gasteiger partial charge in [0.2, 0.25) is 17.7 Å². The quantitative estimate of drug-likeness (QED) is 0.191. The number of likely N-dealkylation sites (tertiary alicyclic amines) is 1. The van der Waals surface area contributed by atoms with E-state index in [1.54, 1.807) is 24.4 Å². The lowest BCUT2D eigenvalue weighted by Gasteiger charge is -2.51. The molecule has 2 aromatic carbocycles. The summed E-state index contributed by atoms with van der Waals surface area (Å²) in [5, 5.41) is 9.52. The SMILES string of the molecule is Cc1c(-c2cc3cc(NC(=O)OC4CC5(CCN(CC6CCN(c7ccc8c(c7F)C(=O)N(C7CCC(=O)NC7=O)C8=O)CC6)CC5)C4)ncc3cc2F)cnc2c1NCCO2. The number of hydrogen-bond donors (Lipinski definition) is 3. The van der Waals surface area contributed by atoms with Crippen LogP contribution in [0.25, 0.3) is 21.9 Å². The van der Waals surface area contributed by atoms with Crippen LogP contribution in [0.4, 0.5) is 30.8 Å². The molecule has 15 nitrogen and oxygen atoms in total. The highest BCUT2D eigenvalue weighted by atomic mass is 19.1. The fraction of sp³-hybridized carbons (Fsp3) is 0.444. The zero-order valence-electron chi connectivity index (χ0n) is 34.2. The van der Waals surface area contributed by atoms with E-state index in [2.05, 4.69) is 30.8 Å². The van der Waals surface area contributed by atoms with Crippen molar-refractivity contribution in [1.82, 2.24) is 25.1 Å². The number of carbonyl (C=O) groups excluding carboxylic acids is 5. The Morgan fingerprint density at radius 3 is 2.50 bits per heavy atom. The molecule has 1 aliphatic carbocycles. The van der Waals surface area contributed by atoms with Crippen LogP contribution in [-0.4, -0.2) is 108 Å². The van der Waals surface area contributed by atoms with E-state index >= 15 is 8.78 Å². The standard InChI is InChI=1S/C45H46F2N8O7/c1-24-31(22-50-41-39(24)48-10-15-61-41)30-16-26-18-35(49-21-27(26)17-32(30)46)51-44(60)62-28-19-45(20-28)8-13-53(14-9-45)23-25-6-11-54(12-7-25)33-3-2-29-37(38(33)47)43(59)55(42(29)58)34-4-5-36(56)52-40(34)57/h2-3,16-18,21-22,25,28,34,48H,4-15,19-20,23H2,1H3,(H,49,51,60)(H,52,56,57). The molecule has 1 unspecified atom stereocenters. The van der Waals surface area contributed by atoms with Crippen LogP contribution in [0.15, 0.2) is 42.7 Å². The number of piperidine rings is 3. The Morgan fingerprint density at radius 2 is 1.73 bits per heavy atom. The first-order valence-corrected chi connectivity index (χ1v) is 21.4. The highest BCUT2D eigenvalue weighted by Gasteiger charge is 2.49. The number of anilines is 3. The molecule has 17 heteroatoms. The van der Waals surface area contributed by atoms with Crippen molar-refractivity contribution >= 4 is 57.7 Å². The number of halogens is 2. The Morgan fingerprint density at radius 1 is 0.935 bits per heavy atom. The molecule has 1 spiro atoms.